The summed E-state index contributed by atoms with van der Waals surface area (Å²) in [7, 11) is 1.55. The summed E-state index contributed by atoms with van der Waals surface area (Å²) in [4.78, 5) is 11.7. The Kier molecular flexibility index (Phi) is 10.5. The summed E-state index contributed by atoms with van der Waals surface area (Å²) in [5.41, 5.74) is 1.84. The Balaban J connectivity index is 1.44. The number of aliphatic hydroxyl groups is 1. The second-order valence-electron chi connectivity index (χ2n) is 11.5. The van der Waals surface area contributed by atoms with Crippen molar-refractivity contribution in [3.05, 3.63) is 71.8 Å². The smallest absolute Gasteiger partial charge is 0.302 e. The van der Waals surface area contributed by atoms with E-state index in [2.05, 4.69) is 0 Å². The molecule has 0 aliphatic carbocycles. The quantitative estimate of drug-likeness (QED) is 0.382. The zero-order valence-electron chi connectivity index (χ0n) is 25.2. The van der Waals surface area contributed by atoms with Crippen molar-refractivity contribution in [2.75, 3.05) is 13.7 Å². The fourth-order valence-corrected chi connectivity index (χ4v) is 5.69. The van der Waals surface area contributed by atoms with Gasteiger partial charge in [-0.05, 0) is 31.9 Å². The van der Waals surface area contributed by atoms with Crippen LogP contribution < -0.4 is 0 Å². The number of benzene rings is 2. The van der Waals surface area contributed by atoms with Crippen LogP contribution in [0, 0.1) is 0 Å². The molecule has 10 atom stereocenters. The minimum absolute atomic E-state index is 0.200. The molecule has 3 aliphatic rings. The number of esters is 1. The molecule has 3 aliphatic heterocycles. The lowest BCUT2D eigenvalue weighted by Gasteiger charge is -2.47. The van der Waals surface area contributed by atoms with Crippen LogP contribution in [0.2, 0.25) is 0 Å². The van der Waals surface area contributed by atoms with Crippen LogP contribution in [-0.2, 0) is 60.6 Å². The molecule has 3 saturated heterocycles. The van der Waals surface area contributed by atoms with Gasteiger partial charge in [-0.1, -0.05) is 60.7 Å². The number of carbonyl (C=O) groups excluding carboxylic acids is 1. The summed E-state index contributed by atoms with van der Waals surface area (Å²) in [6.07, 6.45) is -7.89. The standard InChI is InChI=1S/C32H42O11/c1-19-25(27-29(30(35-5)39-19)43-32(3,4)42-27)41-31-28(38-17-22-14-10-7-11-15-22)26(37-16-21-12-8-6-9-13-21)24(34)23(40-31)18-36-20(2)33/h6-15,19,23-31,34H,16-18H2,1-5H3/t19?,23?,24-,25+,26?,27?,28?,29?,30-,31-/m1/s1. The number of hydrogen-bond donors (Lipinski definition) is 1. The molecule has 6 unspecified atom stereocenters. The van der Waals surface area contributed by atoms with Crippen molar-refractivity contribution in [2.24, 2.45) is 0 Å². The molecule has 3 fully saturated rings. The normalized spacial score (nSPS) is 35.3. The van der Waals surface area contributed by atoms with Crippen molar-refractivity contribution in [1.82, 2.24) is 0 Å². The van der Waals surface area contributed by atoms with Crippen LogP contribution in [0.25, 0.3) is 0 Å². The fraction of sp³-hybridized carbons (Fsp3) is 0.594. The number of carbonyl (C=O) groups is 1. The Morgan fingerprint density at radius 2 is 1.42 bits per heavy atom. The molecule has 2 aromatic rings. The fourth-order valence-electron chi connectivity index (χ4n) is 5.69. The molecule has 11 heteroatoms. The second kappa shape index (κ2) is 14.1. The largest absolute Gasteiger partial charge is 0.463 e. The first kappa shape index (κ1) is 32.0. The third-order valence-corrected chi connectivity index (χ3v) is 7.73. The van der Waals surface area contributed by atoms with Gasteiger partial charge < -0.3 is 47.7 Å². The number of aliphatic hydroxyl groups excluding tert-OH is 1. The van der Waals surface area contributed by atoms with Crippen LogP contribution in [0.3, 0.4) is 0 Å². The lowest BCUT2D eigenvalue weighted by atomic mass is 9.96. The summed E-state index contributed by atoms with van der Waals surface area (Å²) in [6, 6.07) is 19.3. The SMILES string of the molecule is CO[C@@H]1OC(C)[C@H](O[C@H]2OC(COC(C)=O)[C@@H](O)C(OCc3ccccc3)C2OCc2ccccc2)C2OC(C)(C)OC21. The van der Waals surface area contributed by atoms with Gasteiger partial charge in [0.2, 0.25) is 0 Å². The number of fused-ring (bicyclic) bond motifs is 1. The Morgan fingerprint density at radius 1 is 0.837 bits per heavy atom. The van der Waals surface area contributed by atoms with Crippen molar-refractivity contribution >= 4 is 5.97 Å². The highest BCUT2D eigenvalue weighted by atomic mass is 16.8. The van der Waals surface area contributed by atoms with Gasteiger partial charge in [0.15, 0.2) is 18.4 Å². The molecule has 5 rings (SSSR count). The minimum Gasteiger partial charge on any atom is -0.463 e. The Hall–Kier alpha value is -2.45. The van der Waals surface area contributed by atoms with Gasteiger partial charge in [0.05, 0.1) is 19.3 Å². The van der Waals surface area contributed by atoms with Crippen LogP contribution in [0.1, 0.15) is 38.8 Å². The molecule has 0 aromatic heterocycles. The first-order chi connectivity index (χ1) is 20.6. The minimum atomic E-state index is -1.20. The van der Waals surface area contributed by atoms with Gasteiger partial charge in [-0.15, -0.1) is 0 Å². The maximum Gasteiger partial charge on any atom is 0.302 e. The third kappa shape index (κ3) is 7.80. The molecular weight excluding hydrogens is 560 g/mol. The Bertz CT molecular complexity index is 1160. The molecule has 11 nitrogen and oxygen atoms in total. The first-order valence-electron chi connectivity index (χ1n) is 14.6. The maximum atomic E-state index is 11.7. The van der Waals surface area contributed by atoms with E-state index >= 15 is 0 Å². The molecule has 1 N–H and O–H groups in total. The van der Waals surface area contributed by atoms with Crippen LogP contribution >= 0.6 is 0 Å². The molecular formula is C32H42O11. The first-order valence-corrected chi connectivity index (χ1v) is 14.6. The Morgan fingerprint density at radius 3 is 2.00 bits per heavy atom. The van der Waals surface area contributed by atoms with E-state index in [9.17, 15) is 9.90 Å². The summed E-state index contributed by atoms with van der Waals surface area (Å²) in [6.45, 7) is 7.01. The van der Waals surface area contributed by atoms with Gasteiger partial charge in [-0.2, -0.15) is 0 Å². The van der Waals surface area contributed by atoms with Gasteiger partial charge in [0.25, 0.3) is 0 Å². The average molecular weight is 603 g/mol. The van der Waals surface area contributed by atoms with Crippen molar-refractivity contribution < 1.29 is 52.5 Å². The van der Waals surface area contributed by atoms with E-state index in [4.69, 9.17) is 42.6 Å². The molecule has 0 spiro atoms. The Labute approximate surface area is 252 Å². The average Bonchev–Trinajstić information content (AvgIpc) is 3.32. The van der Waals surface area contributed by atoms with Gasteiger partial charge in [0.1, 0.15) is 49.3 Å². The van der Waals surface area contributed by atoms with E-state index in [1.54, 1.807) is 7.11 Å². The van der Waals surface area contributed by atoms with Gasteiger partial charge in [-0.3, -0.25) is 4.79 Å². The van der Waals surface area contributed by atoms with Gasteiger partial charge in [0, 0.05) is 14.0 Å². The molecule has 0 bridgehead atoms. The highest BCUT2D eigenvalue weighted by Crippen LogP contribution is 2.40. The number of methoxy groups -OCH3 is 1. The summed E-state index contributed by atoms with van der Waals surface area (Å²) in [5, 5.41) is 11.5. The molecule has 0 amide bonds. The van der Waals surface area contributed by atoms with Crippen molar-refractivity contribution in [1.29, 1.82) is 0 Å². The third-order valence-electron chi connectivity index (χ3n) is 7.73. The lowest BCUT2D eigenvalue weighted by Crippen LogP contribution is -2.64. The van der Waals surface area contributed by atoms with Crippen LogP contribution in [0.5, 0.6) is 0 Å². The highest BCUT2D eigenvalue weighted by Gasteiger charge is 2.57. The topological polar surface area (TPSA) is 120 Å². The molecule has 236 valence electrons. The molecule has 2 aromatic carbocycles. The van der Waals surface area contributed by atoms with Crippen LogP contribution in [0.15, 0.2) is 60.7 Å². The van der Waals surface area contributed by atoms with E-state index in [-0.39, 0.29) is 19.8 Å². The maximum absolute atomic E-state index is 11.7. The van der Waals surface area contributed by atoms with E-state index in [0.29, 0.717) is 0 Å². The zero-order valence-corrected chi connectivity index (χ0v) is 25.2. The van der Waals surface area contributed by atoms with E-state index in [1.165, 1.54) is 6.92 Å². The number of ether oxygens (including phenoxy) is 9. The van der Waals surface area contributed by atoms with Gasteiger partial charge in [-0.25, -0.2) is 0 Å². The summed E-state index contributed by atoms with van der Waals surface area (Å²) in [5.74, 6) is -1.40. The van der Waals surface area contributed by atoms with E-state index in [1.807, 2.05) is 81.4 Å². The molecule has 43 heavy (non-hydrogen) atoms. The predicted molar refractivity (Wildman–Crippen MR) is 151 cm³/mol. The predicted octanol–water partition coefficient (Wildman–Crippen LogP) is 3.10. The van der Waals surface area contributed by atoms with E-state index < -0.39 is 73.2 Å². The molecule has 3 heterocycles. The molecule has 0 saturated carbocycles. The number of rotatable bonds is 11. The monoisotopic (exact) mass is 602 g/mol. The van der Waals surface area contributed by atoms with Crippen LogP contribution in [0.4, 0.5) is 0 Å². The lowest BCUT2D eigenvalue weighted by molar-refractivity contribution is -0.354. The highest BCUT2D eigenvalue weighted by molar-refractivity contribution is 5.65. The van der Waals surface area contributed by atoms with Crippen LogP contribution in [-0.4, -0.2) is 92.0 Å². The second-order valence-corrected chi connectivity index (χ2v) is 11.5. The summed E-state index contributed by atoms with van der Waals surface area (Å²) < 4.78 is 55.0. The summed E-state index contributed by atoms with van der Waals surface area (Å²) >= 11 is 0. The zero-order chi connectivity index (χ0) is 30.6. The number of hydrogen-bond acceptors (Lipinski definition) is 11. The van der Waals surface area contributed by atoms with Gasteiger partial charge >= 0.3 is 5.97 Å². The van der Waals surface area contributed by atoms with Crippen molar-refractivity contribution in [2.45, 2.75) is 108 Å². The van der Waals surface area contributed by atoms with Crippen molar-refractivity contribution in [3.8, 4) is 0 Å². The van der Waals surface area contributed by atoms with E-state index in [0.717, 1.165) is 11.1 Å². The van der Waals surface area contributed by atoms with Crippen molar-refractivity contribution in [3.63, 3.8) is 0 Å². The molecule has 0 radical (unpaired) electrons.